The summed E-state index contributed by atoms with van der Waals surface area (Å²) in [5.41, 5.74) is 0.924. The molecule has 2 amide bonds. The largest absolute Gasteiger partial charge is 0.345 e. The van der Waals surface area contributed by atoms with E-state index >= 15 is 0 Å². The van der Waals surface area contributed by atoms with Crippen molar-refractivity contribution in [3.63, 3.8) is 0 Å². The Bertz CT molecular complexity index is 1410. The Labute approximate surface area is 211 Å². The van der Waals surface area contributed by atoms with Crippen molar-refractivity contribution in [2.45, 2.75) is 18.6 Å². The lowest BCUT2D eigenvalue weighted by molar-refractivity contribution is -0.385. The van der Waals surface area contributed by atoms with E-state index in [0.717, 1.165) is 11.8 Å². The van der Waals surface area contributed by atoms with Crippen LogP contribution in [0.5, 0.6) is 0 Å². The molecule has 0 atom stereocenters. The molecule has 0 bridgehead atoms. The quantitative estimate of drug-likeness (QED) is 0.190. The normalized spacial score (nSPS) is 10.7. The average Bonchev–Trinajstić information content (AvgIpc) is 3.51. The highest BCUT2D eigenvalue weighted by molar-refractivity contribution is 7.99. The molecule has 4 rings (SSSR count). The lowest BCUT2D eigenvalue weighted by Crippen LogP contribution is -2.25. The number of benzene rings is 2. The molecule has 0 unspecified atom stereocenters. The van der Waals surface area contributed by atoms with Gasteiger partial charge in [-0.1, -0.05) is 17.8 Å². The van der Waals surface area contributed by atoms with Gasteiger partial charge in [0.05, 0.1) is 17.2 Å². The van der Waals surface area contributed by atoms with Crippen molar-refractivity contribution in [2.75, 3.05) is 11.1 Å². The highest BCUT2D eigenvalue weighted by Gasteiger charge is 2.19. The Balaban J connectivity index is 1.52. The second kappa shape index (κ2) is 11.0. The van der Waals surface area contributed by atoms with E-state index in [-0.39, 0.29) is 29.5 Å². The summed E-state index contributed by atoms with van der Waals surface area (Å²) in [7, 11) is 0. The van der Waals surface area contributed by atoms with E-state index in [0.29, 0.717) is 27.4 Å². The highest BCUT2D eigenvalue weighted by atomic mass is 32.2. The van der Waals surface area contributed by atoms with Crippen molar-refractivity contribution in [3.05, 3.63) is 86.9 Å². The average molecular weight is 528 g/mol. The van der Waals surface area contributed by atoms with Crippen LogP contribution in [0.4, 0.5) is 15.2 Å². The predicted molar refractivity (Wildman–Crippen MR) is 132 cm³/mol. The van der Waals surface area contributed by atoms with Crippen molar-refractivity contribution < 1.29 is 18.9 Å². The number of nitrogens with zero attached hydrogens (tertiary/aromatic N) is 5. The van der Waals surface area contributed by atoms with Gasteiger partial charge in [-0.2, -0.15) is 0 Å². The second-order valence-electron chi connectivity index (χ2n) is 7.33. The summed E-state index contributed by atoms with van der Waals surface area (Å²) < 4.78 is 15.1. The molecule has 36 heavy (non-hydrogen) atoms. The SMILES string of the molecule is Cc1ccc(C(=O)NCc2nnc(SCC(=O)Nc3nccs3)n2-c2ccc(F)cc2)cc1[N+](=O)[O-]. The summed E-state index contributed by atoms with van der Waals surface area (Å²) in [5, 5.41) is 27.4. The third kappa shape index (κ3) is 5.90. The van der Waals surface area contributed by atoms with Gasteiger partial charge in [-0.05, 0) is 37.3 Å². The number of thiazole rings is 1. The van der Waals surface area contributed by atoms with Crippen molar-refractivity contribution in [1.82, 2.24) is 25.1 Å². The summed E-state index contributed by atoms with van der Waals surface area (Å²) >= 11 is 2.40. The highest BCUT2D eigenvalue weighted by Crippen LogP contribution is 2.24. The van der Waals surface area contributed by atoms with Gasteiger partial charge < -0.3 is 10.6 Å². The zero-order chi connectivity index (χ0) is 25.7. The molecular formula is C22H18FN7O4S2. The van der Waals surface area contributed by atoms with Crippen LogP contribution < -0.4 is 10.6 Å². The lowest BCUT2D eigenvalue weighted by atomic mass is 10.1. The summed E-state index contributed by atoms with van der Waals surface area (Å²) in [6, 6.07) is 9.78. The number of amides is 2. The Morgan fingerprint density at radius 2 is 1.97 bits per heavy atom. The molecule has 0 aliphatic rings. The van der Waals surface area contributed by atoms with Crippen LogP contribution in [0.1, 0.15) is 21.7 Å². The molecule has 2 heterocycles. The van der Waals surface area contributed by atoms with Crippen LogP contribution in [0.15, 0.2) is 59.2 Å². The Hall–Kier alpha value is -4.17. The fourth-order valence-corrected chi connectivity index (χ4v) is 4.45. The number of anilines is 1. The third-order valence-electron chi connectivity index (χ3n) is 4.87. The zero-order valence-corrected chi connectivity index (χ0v) is 20.3. The number of carbonyl (C=O) groups excluding carboxylic acids is 2. The van der Waals surface area contributed by atoms with E-state index in [2.05, 4.69) is 25.8 Å². The molecule has 2 aromatic carbocycles. The molecule has 0 aliphatic heterocycles. The molecule has 184 valence electrons. The van der Waals surface area contributed by atoms with Crippen molar-refractivity contribution in [2.24, 2.45) is 0 Å². The number of halogens is 1. The minimum absolute atomic E-state index is 0.0122. The van der Waals surface area contributed by atoms with Gasteiger partial charge in [-0.15, -0.1) is 21.5 Å². The van der Waals surface area contributed by atoms with E-state index in [1.165, 1.54) is 53.8 Å². The molecule has 0 saturated heterocycles. The number of nitro benzene ring substituents is 1. The van der Waals surface area contributed by atoms with Gasteiger partial charge in [-0.25, -0.2) is 9.37 Å². The van der Waals surface area contributed by atoms with E-state index in [1.54, 1.807) is 23.1 Å². The van der Waals surface area contributed by atoms with Gasteiger partial charge >= 0.3 is 0 Å². The first-order valence-electron chi connectivity index (χ1n) is 10.4. The molecule has 0 fully saturated rings. The molecule has 11 nitrogen and oxygen atoms in total. The maximum absolute atomic E-state index is 13.5. The Morgan fingerprint density at radius 1 is 1.19 bits per heavy atom. The first kappa shape index (κ1) is 24.9. The van der Waals surface area contributed by atoms with Crippen LogP contribution in [0.3, 0.4) is 0 Å². The summed E-state index contributed by atoms with van der Waals surface area (Å²) in [4.78, 5) is 39.6. The number of hydrogen-bond donors (Lipinski definition) is 2. The maximum atomic E-state index is 13.5. The molecule has 0 spiro atoms. The Kier molecular flexibility index (Phi) is 7.65. The topological polar surface area (TPSA) is 145 Å². The number of aryl methyl sites for hydroxylation is 1. The molecule has 0 aliphatic carbocycles. The van der Waals surface area contributed by atoms with E-state index < -0.39 is 16.6 Å². The molecule has 0 saturated carbocycles. The fraction of sp³-hybridized carbons (Fsp3) is 0.136. The van der Waals surface area contributed by atoms with Gasteiger partial charge in [-0.3, -0.25) is 24.3 Å². The summed E-state index contributed by atoms with van der Waals surface area (Å²) in [6.07, 6.45) is 1.58. The fourth-order valence-electron chi connectivity index (χ4n) is 3.14. The standard InChI is InChI=1S/C22H18FN7O4S2/c1-13-2-3-14(10-17(13)30(33)34)20(32)25-11-18-27-28-22(29(18)16-6-4-15(23)5-7-16)36-12-19(31)26-21-24-8-9-35-21/h2-10H,11-12H2,1H3,(H,25,32)(H,24,26,31). The third-order valence-corrected chi connectivity index (χ3v) is 6.49. The smallest absolute Gasteiger partial charge is 0.273 e. The minimum Gasteiger partial charge on any atom is -0.345 e. The molecule has 14 heteroatoms. The van der Waals surface area contributed by atoms with Crippen molar-refractivity contribution >= 4 is 45.7 Å². The number of rotatable bonds is 9. The van der Waals surface area contributed by atoms with E-state index in [4.69, 9.17) is 0 Å². The number of thioether (sulfide) groups is 1. The predicted octanol–water partition coefficient (Wildman–Crippen LogP) is 3.74. The summed E-state index contributed by atoms with van der Waals surface area (Å²) in [6.45, 7) is 1.51. The van der Waals surface area contributed by atoms with Gasteiger partial charge in [0.25, 0.3) is 11.6 Å². The molecule has 2 aromatic heterocycles. The molecular weight excluding hydrogens is 509 g/mol. The molecule has 2 N–H and O–H groups in total. The zero-order valence-electron chi connectivity index (χ0n) is 18.7. The van der Waals surface area contributed by atoms with E-state index in [9.17, 15) is 24.1 Å². The van der Waals surface area contributed by atoms with Crippen LogP contribution in [0.2, 0.25) is 0 Å². The van der Waals surface area contributed by atoms with Gasteiger partial charge in [0.15, 0.2) is 16.1 Å². The van der Waals surface area contributed by atoms with Crippen LogP contribution >= 0.6 is 23.1 Å². The molecule has 4 aromatic rings. The maximum Gasteiger partial charge on any atom is 0.273 e. The van der Waals surface area contributed by atoms with Crippen LogP contribution in [-0.2, 0) is 11.3 Å². The molecule has 0 radical (unpaired) electrons. The monoisotopic (exact) mass is 527 g/mol. The number of carbonyl (C=O) groups is 2. The van der Waals surface area contributed by atoms with Gasteiger partial charge in [0.2, 0.25) is 5.91 Å². The first-order valence-corrected chi connectivity index (χ1v) is 12.2. The van der Waals surface area contributed by atoms with E-state index in [1.807, 2.05) is 0 Å². The number of nitro groups is 1. The number of hydrogen-bond acceptors (Lipinski definition) is 9. The van der Waals surface area contributed by atoms with Crippen molar-refractivity contribution in [1.29, 1.82) is 0 Å². The van der Waals surface area contributed by atoms with Crippen LogP contribution in [-0.4, -0.2) is 42.2 Å². The minimum atomic E-state index is -0.550. The van der Waals surface area contributed by atoms with Crippen LogP contribution in [0.25, 0.3) is 5.69 Å². The van der Waals surface area contributed by atoms with Crippen LogP contribution in [0, 0.1) is 22.9 Å². The number of nitrogens with one attached hydrogen (secondary N) is 2. The Morgan fingerprint density at radius 3 is 2.67 bits per heavy atom. The lowest BCUT2D eigenvalue weighted by Gasteiger charge is -2.11. The second-order valence-corrected chi connectivity index (χ2v) is 9.16. The first-order chi connectivity index (χ1) is 17.3. The summed E-state index contributed by atoms with van der Waals surface area (Å²) in [5.74, 6) is -0.930. The van der Waals surface area contributed by atoms with Gasteiger partial charge in [0.1, 0.15) is 5.82 Å². The number of aromatic nitrogens is 4. The van der Waals surface area contributed by atoms with Crippen molar-refractivity contribution in [3.8, 4) is 5.69 Å². The van der Waals surface area contributed by atoms with Gasteiger partial charge in [0, 0.05) is 34.5 Å².